The molecule has 0 spiro atoms. The fourth-order valence-corrected chi connectivity index (χ4v) is 2.29. The topological polar surface area (TPSA) is 120 Å². The number of ether oxygens (including phenoxy) is 1. The lowest BCUT2D eigenvalue weighted by Gasteiger charge is -2.17. The SMILES string of the molecule is Cc1nnc(CC(OC(N)=O)c2cc(C(=O)NCCC(F)(F)F)ccc2F)o1. The minimum absolute atomic E-state index is 0.0307. The number of aryl methyl sites for hydroxylation is 1. The van der Waals surface area contributed by atoms with Crippen LogP contribution in [0.3, 0.4) is 0 Å². The standard InChI is InChI=1S/C16H16F4N4O4/c1-8-23-24-13(27-8)7-12(28-15(21)26)10-6-9(2-3-11(10)17)14(25)22-5-4-16(18,19)20/h2-3,6,12H,4-5,7H2,1H3,(H2,21,26)(H,22,25). The number of primary amides is 1. The van der Waals surface area contributed by atoms with Gasteiger partial charge in [-0.15, -0.1) is 10.2 Å². The second-order valence-electron chi connectivity index (χ2n) is 5.70. The van der Waals surface area contributed by atoms with E-state index < -0.39 is 43.1 Å². The number of rotatable bonds is 7. The van der Waals surface area contributed by atoms with Crippen LogP contribution in [0.1, 0.15) is 40.2 Å². The van der Waals surface area contributed by atoms with E-state index in [1.54, 1.807) is 0 Å². The summed E-state index contributed by atoms with van der Waals surface area (Å²) in [6.45, 7) is 0.879. The molecule has 2 rings (SSSR count). The number of amides is 2. The van der Waals surface area contributed by atoms with Crippen LogP contribution in [0.2, 0.25) is 0 Å². The predicted octanol–water partition coefficient (Wildman–Crippen LogP) is 2.58. The first-order valence-electron chi connectivity index (χ1n) is 7.94. The summed E-state index contributed by atoms with van der Waals surface area (Å²) in [4.78, 5) is 23.2. The summed E-state index contributed by atoms with van der Waals surface area (Å²) in [6, 6.07) is 3.05. The van der Waals surface area contributed by atoms with Crippen molar-refractivity contribution in [2.24, 2.45) is 5.73 Å². The Morgan fingerprint density at radius 3 is 2.61 bits per heavy atom. The van der Waals surface area contributed by atoms with Gasteiger partial charge in [0.2, 0.25) is 11.8 Å². The Labute approximate surface area is 156 Å². The highest BCUT2D eigenvalue weighted by atomic mass is 19.4. The van der Waals surface area contributed by atoms with Crippen LogP contribution in [0.15, 0.2) is 22.6 Å². The van der Waals surface area contributed by atoms with Crippen LogP contribution in [-0.4, -0.2) is 34.9 Å². The molecular formula is C16H16F4N4O4. The maximum Gasteiger partial charge on any atom is 0.405 e. The molecule has 3 N–H and O–H groups in total. The Kier molecular flexibility index (Phi) is 6.54. The highest BCUT2D eigenvalue weighted by Crippen LogP contribution is 2.26. The fourth-order valence-electron chi connectivity index (χ4n) is 2.29. The van der Waals surface area contributed by atoms with Gasteiger partial charge in [-0.05, 0) is 18.2 Å². The van der Waals surface area contributed by atoms with Gasteiger partial charge >= 0.3 is 12.3 Å². The summed E-state index contributed by atoms with van der Waals surface area (Å²) >= 11 is 0. The number of alkyl halides is 3. The van der Waals surface area contributed by atoms with Crippen molar-refractivity contribution in [3.63, 3.8) is 0 Å². The van der Waals surface area contributed by atoms with Crippen LogP contribution in [0.4, 0.5) is 22.4 Å². The molecule has 0 radical (unpaired) electrons. The molecule has 1 aromatic heterocycles. The van der Waals surface area contributed by atoms with Crippen molar-refractivity contribution in [2.75, 3.05) is 6.54 Å². The highest BCUT2D eigenvalue weighted by Gasteiger charge is 2.27. The molecule has 152 valence electrons. The Balaban J connectivity index is 2.21. The molecule has 2 amide bonds. The molecule has 2 aromatic rings. The third-order valence-electron chi connectivity index (χ3n) is 3.49. The summed E-state index contributed by atoms with van der Waals surface area (Å²) in [5.41, 5.74) is 4.66. The average molecular weight is 404 g/mol. The number of aromatic nitrogens is 2. The second-order valence-corrected chi connectivity index (χ2v) is 5.70. The third-order valence-corrected chi connectivity index (χ3v) is 3.49. The highest BCUT2D eigenvalue weighted by molar-refractivity contribution is 5.94. The van der Waals surface area contributed by atoms with Gasteiger partial charge in [0.25, 0.3) is 5.91 Å². The van der Waals surface area contributed by atoms with Crippen molar-refractivity contribution in [3.8, 4) is 0 Å². The molecule has 12 heteroatoms. The van der Waals surface area contributed by atoms with Crippen LogP contribution in [-0.2, 0) is 11.2 Å². The summed E-state index contributed by atoms with van der Waals surface area (Å²) in [5, 5.41) is 9.39. The molecule has 28 heavy (non-hydrogen) atoms. The molecule has 0 aliphatic carbocycles. The third kappa shape index (κ3) is 6.21. The number of halogens is 4. The number of nitrogens with two attached hydrogens (primary N) is 1. The van der Waals surface area contributed by atoms with Crippen LogP contribution in [0, 0.1) is 12.7 Å². The van der Waals surface area contributed by atoms with Crippen LogP contribution in [0.5, 0.6) is 0 Å². The largest absolute Gasteiger partial charge is 0.441 e. The lowest BCUT2D eigenvalue weighted by molar-refractivity contribution is -0.133. The minimum Gasteiger partial charge on any atom is -0.441 e. The van der Waals surface area contributed by atoms with Crippen molar-refractivity contribution in [1.29, 1.82) is 0 Å². The van der Waals surface area contributed by atoms with E-state index in [4.69, 9.17) is 14.9 Å². The lowest BCUT2D eigenvalue weighted by Crippen LogP contribution is -2.28. The second kappa shape index (κ2) is 8.67. The van der Waals surface area contributed by atoms with E-state index in [1.807, 2.05) is 0 Å². The van der Waals surface area contributed by atoms with Crippen LogP contribution in [0.25, 0.3) is 0 Å². The zero-order valence-electron chi connectivity index (χ0n) is 14.5. The van der Waals surface area contributed by atoms with Gasteiger partial charge in [-0.25, -0.2) is 9.18 Å². The average Bonchev–Trinajstić information content (AvgIpc) is 2.98. The number of benzene rings is 1. The minimum atomic E-state index is -4.43. The number of hydrogen-bond acceptors (Lipinski definition) is 6. The maximum atomic E-state index is 14.3. The van der Waals surface area contributed by atoms with E-state index in [0.717, 1.165) is 18.2 Å². The molecule has 0 saturated heterocycles. The summed E-state index contributed by atoms with van der Waals surface area (Å²) in [6.07, 6.45) is -8.36. The molecule has 0 aliphatic heterocycles. The van der Waals surface area contributed by atoms with Gasteiger partial charge in [-0.2, -0.15) is 13.2 Å². The molecule has 1 unspecified atom stereocenters. The Morgan fingerprint density at radius 1 is 1.32 bits per heavy atom. The monoisotopic (exact) mass is 404 g/mol. The first kappa shape index (κ1) is 21.1. The molecule has 0 aliphatic rings. The normalized spacial score (nSPS) is 12.5. The van der Waals surface area contributed by atoms with Gasteiger partial charge < -0.3 is 20.2 Å². The van der Waals surface area contributed by atoms with Crippen molar-refractivity contribution >= 4 is 12.0 Å². The first-order chi connectivity index (χ1) is 13.0. The van der Waals surface area contributed by atoms with E-state index in [2.05, 4.69) is 15.5 Å². The number of hydrogen-bond donors (Lipinski definition) is 2. The molecule has 1 aromatic carbocycles. The molecule has 8 nitrogen and oxygen atoms in total. The van der Waals surface area contributed by atoms with E-state index in [1.165, 1.54) is 6.92 Å². The Hall–Kier alpha value is -3.18. The number of carbonyl (C=O) groups excluding carboxylic acids is 2. The number of carbonyl (C=O) groups is 2. The van der Waals surface area contributed by atoms with E-state index in [0.29, 0.717) is 0 Å². The zero-order valence-corrected chi connectivity index (χ0v) is 14.5. The van der Waals surface area contributed by atoms with Gasteiger partial charge in [0, 0.05) is 24.6 Å². The molecule has 0 bridgehead atoms. The first-order valence-corrected chi connectivity index (χ1v) is 7.94. The predicted molar refractivity (Wildman–Crippen MR) is 85.6 cm³/mol. The van der Waals surface area contributed by atoms with Crippen molar-refractivity contribution < 1.29 is 36.3 Å². The van der Waals surface area contributed by atoms with Crippen LogP contribution >= 0.6 is 0 Å². The molecular weight excluding hydrogens is 388 g/mol. The summed E-state index contributed by atoms with van der Waals surface area (Å²) in [5.74, 6) is -1.42. The Morgan fingerprint density at radius 2 is 2.04 bits per heavy atom. The smallest absolute Gasteiger partial charge is 0.405 e. The van der Waals surface area contributed by atoms with E-state index >= 15 is 0 Å². The van der Waals surface area contributed by atoms with Gasteiger partial charge in [0.15, 0.2) is 0 Å². The van der Waals surface area contributed by atoms with Gasteiger partial charge in [-0.1, -0.05) is 0 Å². The number of nitrogens with one attached hydrogen (secondary N) is 1. The van der Waals surface area contributed by atoms with Gasteiger partial charge in [-0.3, -0.25) is 4.79 Å². The quantitative estimate of drug-likeness (QED) is 0.685. The fraction of sp³-hybridized carbons (Fsp3) is 0.375. The van der Waals surface area contributed by atoms with E-state index in [-0.39, 0.29) is 29.3 Å². The zero-order chi connectivity index (χ0) is 20.9. The number of nitrogens with zero attached hydrogens (tertiary/aromatic N) is 2. The molecule has 1 heterocycles. The van der Waals surface area contributed by atoms with Gasteiger partial charge in [0.05, 0.1) is 12.8 Å². The molecule has 0 fully saturated rings. The lowest BCUT2D eigenvalue weighted by atomic mass is 10.0. The summed E-state index contributed by atoms with van der Waals surface area (Å²) in [7, 11) is 0. The molecule has 0 saturated carbocycles. The summed E-state index contributed by atoms with van der Waals surface area (Å²) < 4.78 is 60.9. The molecule has 1 atom stereocenters. The van der Waals surface area contributed by atoms with Crippen molar-refractivity contribution in [1.82, 2.24) is 15.5 Å². The van der Waals surface area contributed by atoms with Crippen LogP contribution < -0.4 is 11.1 Å². The van der Waals surface area contributed by atoms with Gasteiger partial charge in [0.1, 0.15) is 11.9 Å². The maximum absolute atomic E-state index is 14.3. The van der Waals surface area contributed by atoms with E-state index in [9.17, 15) is 27.2 Å². The van der Waals surface area contributed by atoms with Crippen molar-refractivity contribution in [2.45, 2.75) is 32.0 Å². The Bertz CT molecular complexity index is 853. The van der Waals surface area contributed by atoms with Crippen molar-refractivity contribution in [3.05, 3.63) is 46.9 Å².